The minimum absolute atomic E-state index is 0.309. The van der Waals surface area contributed by atoms with Gasteiger partial charge in [-0.05, 0) is 26.0 Å². The molecule has 2 fully saturated rings. The van der Waals surface area contributed by atoms with Gasteiger partial charge in [0, 0.05) is 4.75 Å². The molecule has 2 aliphatic rings. The van der Waals surface area contributed by atoms with Gasteiger partial charge in [0.05, 0.1) is 0 Å². The molecule has 0 saturated carbocycles. The Balaban J connectivity index is 1.59. The molecule has 24 heavy (non-hydrogen) atoms. The summed E-state index contributed by atoms with van der Waals surface area (Å²) < 4.78 is 9.83. The summed E-state index contributed by atoms with van der Waals surface area (Å²) in [6, 6.07) is 7.86. The van der Waals surface area contributed by atoms with E-state index in [0.29, 0.717) is 5.75 Å². The van der Waals surface area contributed by atoms with Crippen molar-refractivity contribution in [3.8, 4) is 5.75 Å². The van der Waals surface area contributed by atoms with Crippen molar-refractivity contribution in [1.29, 1.82) is 0 Å². The number of para-hydroxylation sites is 1. The van der Waals surface area contributed by atoms with Gasteiger partial charge in [0.1, 0.15) is 17.2 Å². The molecule has 3 atom stereocenters. The summed E-state index contributed by atoms with van der Waals surface area (Å²) in [5, 5.41) is 8.87. The Morgan fingerprint density at radius 2 is 1.96 bits per heavy atom. The fraction of sp³-hybridized carbons (Fsp3) is 0.438. The normalized spacial score (nSPS) is 27.2. The molecule has 8 heteroatoms. The summed E-state index contributed by atoms with van der Waals surface area (Å²) in [5.41, 5.74) is 0. The third kappa shape index (κ3) is 2.82. The molecule has 1 aromatic rings. The highest BCUT2D eigenvalue weighted by atomic mass is 32.2. The number of nitrogens with zero attached hydrogens (tertiary/aromatic N) is 1. The number of carboxylic acid groups (broad SMARTS) is 1. The van der Waals surface area contributed by atoms with Crippen molar-refractivity contribution in [2.75, 3.05) is 6.61 Å². The summed E-state index contributed by atoms with van der Waals surface area (Å²) in [6.45, 7) is 3.22. The summed E-state index contributed by atoms with van der Waals surface area (Å²) in [7, 11) is 0. The third-order valence-corrected chi connectivity index (χ3v) is 5.53. The summed E-state index contributed by atoms with van der Waals surface area (Å²) in [4.78, 5) is 36.8. The minimum Gasteiger partial charge on any atom is -0.482 e. The first-order chi connectivity index (χ1) is 11.3. The van der Waals surface area contributed by atoms with E-state index in [-0.39, 0.29) is 6.61 Å². The first kappa shape index (κ1) is 16.6. The molecule has 1 unspecified atom stereocenters. The minimum atomic E-state index is -1.06. The van der Waals surface area contributed by atoms with Crippen LogP contribution in [0, 0.1) is 0 Å². The Hall–Kier alpha value is -2.22. The molecule has 0 spiro atoms. The van der Waals surface area contributed by atoms with E-state index in [9.17, 15) is 19.5 Å². The number of rotatable bonds is 5. The summed E-state index contributed by atoms with van der Waals surface area (Å²) in [5.74, 6) is -1.66. The van der Waals surface area contributed by atoms with Crippen molar-refractivity contribution in [1.82, 2.24) is 4.90 Å². The van der Waals surface area contributed by atoms with Gasteiger partial charge >= 0.3 is 11.9 Å². The van der Waals surface area contributed by atoms with Crippen LogP contribution in [0.2, 0.25) is 0 Å². The molecule has 3 rings (SSSR count). The van der Waals surface area contributed by atoms with Crippen LogP contribution in [0.5, 0.6) is 5.75 Å². The second-order valence-corrected chi connectivity index (χ2v) is 7.88. The maximum Gasteiger partial charge on any atom is 0.345 e. The lowest BCUT2D eigenvalue weighted by Crippen LogP contribution is -2.66. The number of β-lactam (4-membered cyclic amide) rings is 1. The number of esters is 1. The monoisotopic (exact) mass is 351 g/mol. The van der Waals surface area contributed by atoms with E-state index in [2.05, 4.69) is 0 Å². The van der Waals surface area contributed by atoms with E-state index >= 15 is 0 Å². The van der Waals surface area contributed by atoms with Crippen LogP contribution in [-0.2, 0) is 19.1 Å². The number of benzene rings is 1. The van der Waals surface area contributed by atoms with E-state index in [0.717, 1.165) is 0 Å². The van der Waals surface area contributed by atoms with Crippen LogP contribution < -0.4 is 4.74 Å². The van der Waals surface area contributed by atoms with Crippen LogP contribution >= 0.6 is 11.8 Å². The third-order valence-electron chi connectivity index (χ3n) is 3.98. The number of aliphatic carboxylic acids is 1. The molecule has 1 aromatic carbocycles. The molecular weight excluding hydrogens is 334 g/mol. The van der Waals surface area contributed by atoms with Crippen LogP contribution in [0.1, 0.15) is 13.8 Å². The predicted octanol–water partition coefficient (Wildman–Crippen LogP) is 1.12. The van der Waals surface area contributed by atoms with Crippen LogP contribution in [0.25, 0.3) is 0 Å². The molecule has 1 N–H and O–H groups in total. The average Bonchev–Trinajstić information content (AvgIpc) is 2.80. The standard InChI is InChI=1S/C16H17NO6S/c1-16(2)12(15(20)21)17-13(19)11(14(17)24-16)23-10(18)8-22-9-6-4-3-5-7-9/h3-7,11-12,14H,8H2,1-2H3,(H,20,21)/t11-,12?,14+/m0/s1. The van der Waals surface area contributed by atoms with E-state index in [4.69, 9.17) is 9.47 Å². The maximum atomic E-state index is 12.2. The lowest BCUT2D eigenvalue weighted by Gasteiger charge is -2.42. The largest absolute Gasteiger partial charge is 0.482 e. The van der Waals surface area contributed by atoms with Crippen LogP contribution in [0.15, 0.2) is 30.3 Å². The van der Waals surface area contributed by atoms with Crippen molar-refractivity contribution >= 4 is 29.6 Å². The van der Waals surface area contributed by atoms with Crippen molar-refractivity contribution in [3.63, 3.8) is 0 Å². The smallest absolute Gasteiger partial charge is 0.345 e. The number of ether oxygens (including phenoxy) is 2. The Labute approximate surface area is 142 Å². The number of hydrogen-bond acceptors (Lipinski definition) is 6. The van der Waals surface area contributed by atoms with Crippen molar-refractivity contribution in [3.05, 3.63) is 30.3 Å². The van der Waals surface area contributed by atoms with Gasteiger partial charge in [-0.25, -0.2) is 9.59 Å². The molecule has 0 aliphatic carbocycles. The Kier molecular flexibility index (Phi) is 4.16. The quantitative estimate of drug-likeness (QED) is 0.628. The highest BCUT2D eigenvalue weighted by molar-refractivity contribution is 8.01. The molecule has 2 heterocycles. The first-order valence-corrected chi connectivity index (χ1v) is 8.29. The molecule has 0 radical (unpaired) electrons. The first-order valence-electron chi connectivity index (χ1n) is 7.41. The Morgan fingerprint density at radius 1 is 1.29 bits per heavy atom. The van der Waals surface area contributed by atoms with Crippen molar-refractivity contribution in [2.45, 2.75) is 36.1 Å². The number of carbonyl (C=O) groups is 3. The van der Waals surface area contributed by atoms with Gasteiger partial charge in [-0.15, -0.1) is 11.8 Å². The molecule has 0 aromatic heterocycles. The maximum absolute atomic E-state index is 12.2. The highest BCUT2D eigenvalue weighted by Crippen LogP contribution is 2.51. The van der Waals surface area contributed by atoms with Gasteiger partial charge in [0.15, 0.2) is 6.61 Å². The second kappa shape index (κ2) is 6.01. The average molecular weight is 351 g/mol. The molecule has 1 amide bonds. The SMILES string of the molecule is CC1(C)S[C@@H]2[C@@H](OC(=O)COc3ccccc3)C(=O)N2C1C(=O)O. The molecule has 2 saturated heterocycles. The highest BCUT2D eigenvalue weighted by Gasteiger charge is 2.65. The zero-order valence-corrected chi connectivity index (χ0v) is 14.0. The lowest BCUT2D eigenvalue weighted by molar-refractivity contribution is -0.182. The van der Waals surface area contributed by atoms with E-state index in [1.807, 2.05) is 6.07 Å². The van der Waals surface area contributed by atoms with Gasteiger partial charge in [-0.1, -0.05) is 18.2 Å². The van der Waals surface area contributed by atoms with Crippen LogP contribution in [-0.4, -0.2) is 56.7 Å². The fourth-order valence-electron chi connectivity index (χ4n) is 2.92. The number of hydrogen-bond donors (Lipinski definition) is 1. The fourth-order valence-corrected chi connectivity index (χ4v) is 4.52. The van der Waals surface area contributed by atoms with Crippen molar-refractivity contribution < 1.29 is 29.0 Å². The topological polar surface area (TPSA) is 93.1 Å². The van der Waals surface area contributed by atoms with E-state index in [1.165, 1.54) is 16.7 Å². The van der Waals surface area contributed by atoms with Crippen molar-refractivity contribution in [2.24, 2.45) is 0 Å². The number of carboxylic acids is 1. The molecule has 7 nitrogen and oxygen atoms in total. The van der Waals surface area contributed by atoms with Gasteiger partial charge < -0.3 is 19.5 Å². The second-order valence-electron chi connectivity index (χ2n) is 6.11. The molecule has 2 aliphatic heterocycles. The van der Waals surface area contributed by atoms with Gasteiger partial charge in [0.2, 0.25) is 6.10 Å². The summed E-state index contributed by atoms with van der Waals surface area (Å²) in [6.07, 6.45) is -0.953. The molecule has 128 valence electrons. The number of carbonyl (C=O) groups excluding carboxylic acids is 2. The lowest BCUT2D eigenvalue weighted by atomic mass is 9.97. The number of fused-ring (bicyclic) bond motifs is 1. The van der Waals surface area contributed by atoms with Crippen LogP contribution in [0.3, 0.4) is 0 Å². The van der Waals surface area contributed by atoms with E-state index < -0.39 is 40.1 Å². The predicted molar refractivity (Wildman–Crippen MR) is 85.5 cm³/mol. The zero-order valence-electron chi connectivity index (χ0n) is 13.2. The Bertz CT molecular complexity index is 676. The number of thioether (sulfide) groups is 1. The van der Waals surface area contributed by atoms with Gasteiger partial charge in [0.25, 0.3) is 5.91 Å². The Morgan fingerprint density at radius 3 is 2.58 bits per heavy atom. The van der Waals surface area contributed by atoms with Crippen LogP contribution in [0.4, 0.5) is 0 Å². The summed E-state index contributed by atoms with van der Waals surface area (Å²) >= 11 is 1.33. The van der Waals surface area contributed by atoms with Gasteiger partial charge in [-0.2, -0.15) is 0 Å². The molecule has 0 bridgehead atoms. The van der Waals surface area contributed by atoms with E-state index in [1.54, 1.807) is 38.1 Å². The number of amides is 1. The molecular formula is C16H17NO6S. The van der Waals surface area contributed by atoms with Gasteiger partial charge in [-0.3, -0.25) is 4.79 Å². The zero-order chi connectivity index (χ0) is 17.5.